The van der Waals surface area contributed by atoms with E-state index in [1.54, 1.807) is 43.0 Å². The zero-order valence-corrected chi connectivity index (χ0v) is 15.5. The van der Waals surface area contributed by atoms with E-state index in [1.165, 1.54) is 0 Å². The van der Waals surface area contributed by atoms with Gasteiger partial charge in [-0.3, -0.25) is 9.48 Å². The number of hydrogen-bond acceptors (Lipinski definition) is 5. The van der Waals surface area contributed by atoms with Gasteiger partial charge in [0.2, 0.25) is 0 Å². The summed E-state index contributed by atoms with van der Waals surface area (Å²) in [4.78, 5) is 12.0. The third-order valence-corrected chi connectivity index (χ3v) is 5.14. The van der Waals surface area contributed by atoms with Crippen LogP contribution in [-0.4, -0.2) is 34.7 Å². The lowest BCUT2D eigenvalue weighted by atomic mass is 9.89. The van der Waals surface area contributed by atoms with Crippen LogP contribution in [0.25, 0.3) is 11.0 Å². The number of nitrogens with one attached hydrogen (secondary N) is 1. The Morgan fingerprint density at radius 2 is 2.25 bits per heavy atom. The van der Waals surface area contributed by atoms with E-state index in [4.69, 9.17) is 14.9 Å². The van der Waals surface area contributed by atoms with Crippen LogP contribution in [0.2, 0.25) is 0 Å². The van der Waals surface area contributed by atoms with Gasteiger partial charge in [-0.15, -0.1) is 0 Å². The second-order valence-corrected chi connectivity index (χ2v) is 6.93. The highest BCUT2D eigenvalue weighted by Gasteiger charge is 2.47. The van der Waals surface area contributed by atoms with Crippen molar-refractivity contribution in [1.82, 2.24) is 15.1 Å². The van der Waals surface area contributed by atoms with E-state index in [1.807, 2.05) is 0 Å². The summed E-state index contributed by atoms with van der Waals surface area (Å²) in [5.74, 6) is -4.34. The Morgan fingerprint density at radius 3 is 2.86 bits per heavy atom. The van der Waals surface area contributed by atoms with Gasteiger partial charge >= 0.3 is 0 Å². The molecular formula is C19H20F2N4O3. The molecule has 0 spiro atoms. The Bertz CT molecular complexity index is 1060. The summed E-state index contributed by atoms with van der Waals surface area (Å²) in [6.07, 6.45) is 1.63. The molecule has 4 rings (SSSR count). The number of ether oxygens (including phenoxy) is 1. The summed E-state index contributed by atoms with van der Waals surface area (Å²) in [6.45, 7) is 1.34. The lowest BCUT2D eigenvalue weighted by molar-refractivity contribution is 0.00533. The molecule has 7 nitrogen and oxygen atoms in total. The lowest BCUT2D eigenvalue weighted by Gasteiger charge is -2.22. The molecule has 3 heterocycles. The molecule has 1 atom stereocenters. The SMILES string of the molecule is Cc1oc2ccc(OCc3ccnn3C)c(C3CNCC3(F)F)c2c1C(N)=O. The van der Waals surface area contributed by atoms with Crippen LogP contribution < -0.4 is 15.8 Å². The van der Waals surface area contributed by atoms with Crippen molar-refractivity contribution in [2.75, 3.05) is 13.1 Å². The average Bonchev–Trinajstić information content (AvgIpc) is 3.28. The van der Waals surface area contributed by atoms with Gasteiger partial charge in [0.1, 0.15) is 23.7 Å². The normalized spacial score (nSPS) is 18.6. The molecule has 1 aliphatic heterocycles. The van der Waals surface area contributed by atoms with Gasteiger partial charge in [0.15, 0.2) is 0 Å². The summed E-state index contributed by atoms with van der Waals surface area (Å²) in [5, 5.41) is 7.09. The van der Waals surface area contributed by atoms with Gasteiger partial charge in [-0.1, -0.05) is 0 Å². The zero-order valence-electron chi connectivity index (χ0n) is 15.5. The maximum atomic E-state index is 14.6. The fraction of sp³-hybridized carbons (Fsp3) is 0.368. The van der Waals surface area contributed by atoms with E-state index >= 15 is 0 Å². The van der Waals surface area contributed by atoms with Gasteiger partial charge in [0, 0.05) is 30.7 Å². The van der Waals surface area contributed by atoms with Crippen molar-refractivity contribution >= 4 is 16.9 Å². The van der Waals surface area contributed by atoms with E-state index in [0.717, 1.165) is 5.69 Å². The van der Waals surface area contributed by atoms with Crippen molar-refractivity contribution in [3.63, 3.8) is 0 Å². The number of carbonyl (C=O) groups excluding carboxylic acids is 1. The summed E-state index contributed by atoms with van der Waals surface area (Å²) < 4.78 is 42.4. The van der Waals surface area contributed by atoms with E-state index in [0.29, 0.717) is 16.7 Å². The minimum atomic E-state index is -3.00. The number of furan rings is 1. The van der Waals surface area contributed by atoms with E-state index in [9.17, 15) is 13.6 Å². The molecule has 1 aromatic carbocycles. The number of aryl methyl sites for hydroxylation is 2. The van der Waals surface area contributed by atoms with Crippen LogP contribution in [0.3, 0.4) is 0 Å². The number of rotatable bonds is 5. The van der Waals surface area contributed by atoms with E-state index in [2.05, 4.69) is 10.4 Å². The average molecular weight is 390 g/mol. The van der Waals surface area contributed by atoms with Crippen molar-refractivity contribution in [1.29, 1.82) is 0 Å². The maximum Gasteiger partial charge on any atom is 0.268 e. The molecule has 2 aromatic heterocycles. The molecule has 1 fully saturated rings. The van der Waals surface area contributed by atoms with Crippen molar-refractivity contribution in [3.8, 4) is 5.75 Å². The standard InChI is InChI=1S/C19H20F2N4O3/c1-10-15(18(22)26)17-14(28-10)4-3-13(27-8-11-5-6-24-25(11)2)16(17)12-7-23-9-19(12,20)21/h3-6,12,23H,7-9H2,1-2H3,(H2,22,26). The largest absolute Gasteiger partial charge is 0.487 e. The molecule has 3 N–H and O–H groups in total. The first-order chi connectivity index (χ1) is 13.3. The Morgan fingerprint density at radius 1 is 1.46 bits per heavy atom. The highest BCUT2D eigenvalue weighted by atomic mass is 19.3. The third-order valence-electron chi connectivity index (χ3n) is 5.14. The molecule has 148 valence electrons. The fourth-order valence-corrected chi connectivity index (χ4v) is 3.75. The van der Waals surface area contributed by atoms with Crippen LogP contribution in [0, 0.1) is 6.92 Å². The molecule has 9 heteroatoms. The molecule has 1 amide bonds. The molecule has 0 saturated carbocycles. The quantitative estimate of drug-likeness (QED) is 0.698. The molecule has 3 aromatic rings. The zero-order chi connectivity index (χ0) is 20.1. The number of nitrogens with two attached hydrogens (primary N) is 1. The summed E-state index contributed by atoms with van der Waals surface area (Å²) in [6, 6.07) is 4.98. The number of amides is 1. The molecule has 1 aliphatic rings. The Hall–Kier alpha value is -2.94. The van der Waals surface area contributed by atoms with Crippen LogP contribution in [0.15, 0.2) is 28.8 Å². The number of aromatic nitrogens is 2. The highest BCUT2D eigenvalue weighted by Crippen LogP contribution is 2.46. The number of primary amides is 1. The van der Waals surface area contributed by atoms with Gasteiger partial charge in [0.25, 0.3) is 11.8 Å². The number of carbonyl (C=O) groups is 1. The minimum Gasteiger partial charge on any atom is -0.487 e. The van der Waals surface area contributed by atoms with Crippen molar-refractivity contribution in [2.45, 2.75) is 25.4 Å². The topological polar surface area (TPSA) is 95.3 Å². The number of benzene rings is 1. The van der Waals surface area contributed by atoms with E-state index < -0.39 is 24.3 Å². The van der Waals surface area contributed by atoms with Gasteiger partial charge in [-0.2, -0.15) is 5.10 Å². The van der Waals surface area contributed by atoms with Gasteiger partial charge < -0.3 is 20.2 Å². The molecule has 1 saturated heterocycles. The molecule has 0 bridgehead atoms. The van der Waals surface area contributed by atoms with Crippen LogP contribution in [0.4, 0.5) is 8.78 Å². The first-order valence-electron chi connectivity index (χ1n) is 8.83. The Labute approximate surface area is 159 Å². The third kappa shape index (κ3) is 2.91. The smallest absolute Gasteiger partial charge is 0.268 e. The summed E-state index contributed by atoms with van der Waals surface area (Å²) in [7, 11) is 1.77. The predicted octanol–water partition coefficient (Wildman–Crippen LogP) is 2.47. The second-order valence-electron chi connectivity index (χ2n) is 6.93. The van der Waals surface area contributed by atoms with Crippen LogP contribution in [0.5, 0.6) is 5.75 Å². The van der Waals surface area contributed by atoms with Gasteiger partial charge in [0.05, 0.1) is 23.7 Å². The summed E-state index contributed by atoms with van der Waals surface area (Å²) in [5.41, 5.74) is 6.98. The minimum absolute atomic E-state index is 0.0522. The number of nitrogens with zero attached hydrogens (tertiary/aromatic N) is 2. The first-order valence-corrected chi connectivity index (χ1v) is 8.83. The summed E-state index contributed by atoms with van der Waals surface area (Å²) >= 11 is 0. The monoisotopic (exact) mass is 390 g/mol. The van der Waals surface area contributed by atoms with Crippen LogP contribution >= 0.6 is 0 Å². The van der Waals surface area contributed by atoms with Crippen LogP contribution in [0.1, 0.15) is 33.3 Å². The van der Waals surface area contributed by atoms with Crippen molar-refractivity contribution in [2.24, 2.45) is 12.8 Å². The van der Waals surface area contributed by atoms with Crippen molar-refractivity contribution < 1.29 is 22.7 Å². The number of halogens is 2. The molecular weight excluding hydrogens is 370 g/mol. The van der Waals surface area contributed by atoms with Crippen LogP contribution in [-0.2, 0) is 13.7 Å². The van der Waals surface area contributed by atoms with Gasteiger partial charge in [-0.25, -0.2) is 8.78 Å². The first kappa shape index (κ1) is 18.4. The lowest BCUT2D eigenvalue weighted by Crippen LogP contribution is -2.26. The Kier molecular flexibility index (Phi) is 4.34. The molecule has 1 unspecified atom stereocenters. The molecule has 0 aliphatic carbocycles. The van der Waals surface area contributed by atoms with Crippen molar-refractivity contribution in [3.05, 3.63) is 47.0 Å². The number of alkyl halides is 2. The Balaban J connectivity index is 1.89. The molecule has 0 radical (unpaired) electrons. The van der Waals surface area contributed by atoms with E-state index in [-0.39, 0.29) is 30.0 Å². The highest BCUT2D eigenvalue weighted by molar-refractivity contribution is 6.08. The molecule has 28 heavy (non-hydrogen) atoms. The number of fused-ring (bicyclic) bond motifs is 1. The fourth-order valence-electron chi connectivity index (χ4n) is 3.75. The second kappa shape index (κ2) is 6.59. The predicted molar refractivity (Wildman–Crippen MR) is 97.6 cm³/mol. The van der Waals surface area contributed by atoms with Gasteiger partial charge in [-0.05, 0) is 25.1 Å². The maximum absolute atomic E-state index is 14.6. The number of hydrogen-bond donors (Lipinski definition) is 2.